The predicted octanol–water partition coefficient (Wildman–Crippen LogP) is 4.26. The van der Waals surface area contributed by atoms with E-state index in [1.54, 1.807) is 0 Å². The summed E-state index contributed by atoms with van der Waals surface area (Å²) >= 11 is 0. The lowest BCUT2D eigenvalue weighted by Gasteiger charge is -2.24. The van der Waals surface area contributed by atoms with Crippen LogP contribution in [0.5, 0.6) is 0 Å². The number of rotatable bonds is 4. The molecule has 0 aromatic heterocycles. The van der Waals surface area contributed by atoms with Crippen molar-refractivity contribution in [3.05, 3.63) is 54.2 Å². The largest absolute Gasteiger partial charge is 0.503 e. The Hall–Kier alpha value is -2.28. The van der Waals surface area contributed by atoms with Crippen molar-refractivity contribution in [1.82, 2.24) is 4.90 Å². The Morgan fingerprint density at radius 1 is 1.04 bits per heavy atom. The van der Waals surface area contributed by atoms with Gasteiger partial charge in [-0.25, -0.2) is 0 Å². The molecular formula is C23H29N2O+. The van der Waals surface area contributed by atoms with Gasteiger partial charge in [0, 0.05) is 5.56 Å². The number of quaternary nitrogens is 1. The van der Waals surface area contributed by atoms with Crippen LogP contribution >= 0.6 is 0 Å². The first-order valence-corrected chi connectivity index (χ1v) is 9.45. The van der Waals surface area contributed by atoms with Crippen molar-refractivity contribution in [1.29, 1.82) is 0 Å². The van der Waals surface area contributed by atoms with E-state index in [1.807, 2.05) is 36.5 Å². The number of nitrogens with zero attached hydrogens (tertiary/aromatic N) is 2. The summed E-state index contributed by atoms with van der Waals surface area (Å²) < 4.78 is 0.533. The monoisotopic (exact) mass is 349 g/mol. The first-order valence-electron chi connectivity index (χ1n) is 9.45. The second kappa shape index (κ2) is 8.40. The molecule has 0 bridgehead atoms. The van der Waals surface area contributed by atoms with Gasteiger partial charge in [-0.1, -0.05) is 48.7 Å². The lowest BCUT2D eigenvalue weighted by atomic mass is 10.1. The molecule has 1 aliphatic rings. The van der Waals surface area contributed by atoms with Crippen LogP contribution in [-0.2, 0) is 0 Å². The minimum absolute atomic E-state index is 0.304. The van der Waals surface area contributed by atoms with Crippen LogP contribution in [0.4, 0.5) is 0 Å². The third-order valence-electron chi connectivity index (χ3n) is 4.88. The number of aliphatic hydroxyl groups is 1. The normalized spacial score (nSPS) is 16.3. The van der Waals surface area contributed by atoms with Gasteiger partial charge in [-0.05, 0) is 48.7 Å². The second-order valence-corrected chi connectivity index (χ2v) is 7.70. The highest BCUT2D eigenvalue weighted by molar-refractivity contribution is 5.85. The molecule has 1 N–H and O–H groups in total. The van der Waals surface area contributed by atoms with Crippen LogP contribution in [0.2, 0.25) is 0 Å². The highest BCUT2D eigenvalue weighted by Crippen LogP contribution is 2.21. The van der Waals surface area contributed by atoms with Gasteiger partial charge in [0.2, 0.25) is 0 Å². The summed E-state index contributed by atoms with van der Waals surface area (Å²) in [5, 5.41) is 12.9. The highest BCUT2D eigenvalue weighted by Gasteiger charge is 2.14. The molecule has 0 spiro atoms. The highest BCUT2D eigenvalue weighted by atomic mass is 16.3. The Morgan fingerprint density at radius 2 is 1.77 bits per heavy atom. The number of aliphatic hydroxyl groups excluding tert-OH is 1. The number of hydrogen-bond acceptors (Lipinski definition) is 2. The number of fused-ring (bicyclic) bond motifs is 1. The van der Waals surface area contributed by atoms with Crippen molar-refractivity contribution in [3.8, 4) is 11.8 Å². The summed E-state index contributed by atoms with van der Waals surface area (Å²) in [6.45, 7) is 3.90. The number of hydrogen-bond donors (Lipinski definition) is 1. The van der Waals surface area contributed by atoms with Crippen molar-refractivity contribution in [3.63, 3.8) is 0 Å². The van der Waals surface area contributed by atoms with E-state index in [-0.39, 0.29) is 0 Å². The number of benzene rings is 2. The molecule has 2 aromatic carbocycles. The summed E-state index contributed by atoms with van der Waals surface area (Å²) in [5.74, 6) is 6.89. The molecule has 1 aliphatic heterocycles. The standard InChI is InChI=1S/C23H28N2O/c1-25(2,17-9-8-16-24-14-6-3-7-15-24)19-23(26)22-13-12-20-10-4-5-11-21(20)18-22/h4-5,10-13,18-19H,3,6-7,14-17H2,1-2H3/p+1/b23-19-. The lowest BCUT2D eigenvalue weighted by molar-refractivity contribution is -0.830. The molecule has 0 radical (unpaired) electrons. The molecule has 1 saturated heterocycles. The SMILES string of the molecule is C[N+](C)(/C=C(\O)c1ccc2ccccc2c1)CC#CCN1CCCCC1. The molecule has 3 rings (SSSR count). The van der Waals surface area contributed by atoms with Crippen LogP contribution in [0.25, 0.3) is 16.5 Å². The lowest BCUT2D eigenvalue weighted by Crippen LogP contribution is -2.34. The number of piperidine rings is 1. The third kappa shape index (κ3) is 5.11. The Morgan fingerprint density at radius 3 is 2.54 bits per heavy atom. The maximum absolute atomic E-state index is 10.6. The van der Waals surface area contributed by atoms with Gasteiger partial charge >= 0.3 is 0 Å². The van der Waals surface area contributed by atoms with Crippen molar-refractivity contribution in [2.45, 2.75) is 19.3 Å². The Labute approximate surface area is 157 Å². The molecule has 0 aliphatic carbocycles. The second-order valence-electron chi connectivity index (χ2n) is 7.70. The third-order valence-corrected chi connectivity index (χ3v) is 4.88. The summed E-state index contributed by atoms with van der Waals surface area (Å²) in [6, 6.07) is 14.2. The molecule has 3 heteroatoms. The van der Waals surface area contributed by atoms with Crippen molar-refractivity contribution < 1.29 is 9.59 Å². The summed E-state index contributed by atoms with van der Waals surface area (Å²) in [5.41, 5.74) is 0.844. The molecule has 0 atom stereocenters. The van der Waals surface area contributed by atoms with Gasteiger partial charge in [-0.15, -0.1) is 0 Å². The van der Waals surface area contributed by atoms with E-state index >= 15 is 0 Å². The van der Waals surface area contributed by atoms with E-state index in [2.05, 4.69) is 43.0 Å². The molecular weight excluding hydrogens is 320 g/mol. The van der Waals surface area contributed by atoms with Gasteiger partial charge in [0.25, 0.3) is 0 Å². The molecule has 3 nitrogen and oxygen atoms in total. The van der Waals surface area contributed by atoms with Gasteiger partial charge < -0.3 is 5.11 Å². The summed E-state index contributed by atoms with van der Waals surface area (Å²) in [4.78, 5) is 2.43. The molecule has 0 saturated carbocycles. The quantitative estimate of drug-likeness (QED) is 0.506. The topological polar surface area (TPSA) is 23.5 Å². The van der Waals surface area contributed by atoms with E-state index in [0.717, 1.165) is 17.5 Å². The van der Waals surface area contributed by atoms with Crippen molar-refractivity contribution in [2.75, 3.05) is 40.3 Å². The average molecular weight is 349 g/mol. The van der Waals surface area contributed by atoms with Gasteiger partial charge in [0.1, 0.15) is 12.7 Å². The van der Waals surface area contributed by atoms with Gasteiger partial charge in [0.05, 0.1) is 20.6 Å². The van der Waals surface area contributed by atoms with Crippen LogP contribution in [-0.4, -0.2) is 54.8 Å². The van der Waals surface area contributed by atoms with Crippen LogP contribution < -0.4 is 0 Å². The summed E-state index contributed by atoms with van der Waals surface area (Å²) in [7, 11) is 4.12. The zero-order chi connectivity index (χ0) is 18.4. The Kier molecular flexibility index (Phi) is 5.98. The minimum atomic E-state index is 0.304. The van der Waals surface area contributed by atoms with Gasteiger partial charge in [0.15, 0.2) is 5.76 Å². The van der Waals surface area contributed by atoms with Crippen LogP contribution in [0, 0.1) is 11.8 Å². The fourth-order valence-electron chi connectivity index (χ4n) is 3.34. The molecule has 2 aromatic rings. The first-order chi connectivity index (χ1) is 12.5. The molecule has 26 heavy (non-hydrogen) atoms. The van der Waals surface area contributed by atoms with E-state index in [0.29, 0.717) is 16.8 Å². The first kappa shape index (κ1) is 18.5. The minimum Gasteiger partial charge on any atom is -0.503 e. The number of likely N-dealkylation sites (tertiary alicyclic amines) is 1. The van der Waals surface area contributed by atoms with Crippen LogP contribution in [0.15, 0.2) is 48.7 Å². The van der Waals surface area contributed by atoms with E-state index in [4.69, 9.17) is 0 Å². The maximum Gasteiger partial charge on any atom is 0.176 e. The van der Waals surface area contributed by atoms with Crippen molar-refractivity contribution >= 4 is 16.5 Å². The Balaban J connectivity index is 1.64. The van der Waals surface area contributed by atoms with E-state index < -0.39 is 0 Å². The van der Waals surface area contributed by atoms with Crippen molar-refractivity contribution in [2.24, 2.45) is 0 Å². The Bertz CT molecular complexity index is 836. The van der Waals surface area contributed by atoms with Gasteiger partial charge in [-0.2, -0.15) is 0 Å². The molecule has 0 amide bonds. The zero-order valence-electron chi connectivity index (χ0n) is 15.9. The van der Waals surface area contributed by atoms with E-state index in [1.165, 1.54) is 37.7 Å². The molecule has 1 heterocycles. The predicted molar refractivity (Wildman–Crippen MR) is 110 cm³/mol. The maximum atomic E-state index is 10.6. The van der Waals surface area contributed by atoms with Crippen LogP contribution in [0.1, 0.15) is 24.8 Å². The smallest absolute Gasteiger partial charge is 0.176 e. The van der Waals surface area contributed by atoms with Gasteiger partial charge in [-0.3, -0.25) is 9.38 Å². The fraction of sp³-hybridized carbons (Fsp3) is 0.391. The molecule has 136 valence electrons. The average Bonchev–Trinajstić information content (AvgIpc) is 2.65. The summed E-state index contributed by atoms with van der Waals surface area (Å²) in [6.07, 6.45) is 5.82. The molecule has 1 fully saturated rings. The molecule has 0 unspecified atom stereocenters. The zero-order valence-corrected chi connectivity index (χ0v) is 15.9. The van der Waals surface area contributed by atoms with Crippen LogP contribution in [0.3, 0.4) is 0 Å². The van der Waals surface area contributed by atoms with E-state index in [9.17, 15) is 5.11 Å². The fourth-order valence-corrected chi connectivity index (χ4v) is 3.34.